The third-order valence-corrected chi connectivity index (χ3v) is 6.96. The van der Waals surface area contributed by atoms with E-state index in [0.717, 1.165) is 6.42 Å². The standard InChI is InChI=1S/C22H22N2O7S/c1-29-22(26)20-11-8-18(31-20)15-23(14-17-4-3-13-30-17)32(27,28)19-9-6-16(7-10-19)24-12-2-5-21(24)25/h3-4,6-11,13H,2,5,12,14-15H2,1H3. The van der Waals surface area contributed by atoms with E-state index < -0.39 is 16.0 Å². The average molecular weight is 458 g/mol. The lowest BCUT2D eigenvalue weighted by Crippen LogP contribution is -2.30. The zero-order chi connectivity index (χ0) is 22.7. The van der Waals surface area contributed by atoms with Crippen molar-refractivity contribution in [1.29, 1.82) is 0 Å². The maximum absolute atomic E-state index is 13.4. The smallest absolute Gasteiger partial charge is 0.373 e. The van der Waals surface area contributed by atoms with Crippen molar-refractivity contribution < 1.29 is 31.6 Å². The van der Waals surface area contributed by atoms with E-state index in [-0.39, 0.29) is 35.4 Å². The van der Waals surface area contributed by atoms with Crippen molar-refractivity contribution in [3.63, 3.8) is 0 Å². The Bertz CT molecular complexity index is 1200. The first-order valence-electron chi connectivity index (χ1n) is 9.98. The van der Waals surface area contributed by atoms with Gasteiger partial charge >= 0.3 is 5.97 Å². The Kier molecular flexibility index (Phi) is 6.15. The highest BCUT2D eigenvalue weighted by molar-refractivity contribution is 7.89. The third kappa shape index (κ3) is 4.46. The van der Waals surface area contributed by atoms with Gasteiger partial charge < -0.3 is 18.5 Å². The predicted octanol–water partition coefficient (Wildman–Crippen LogP) is 3.18. The number of nitrogens with zero attached hydrogens (tertiary/aromatic N) is 2. The van der Waals surface area contributed by atoms with Crippen LogP contribution in [-0.4, -0.2) is 38.3 Å². The molecule has 0 N–H and O–H groups in total. The van der Waals surface area contributed by atoms with E-state index in [4.69, 9.17) is 8.83 Å². The van der Waals surface area contributed by atoms with Crippen molar-refractivity contribution in [3.8, 4) is 0 Å². The summed E-state index contributed by atoms with van der Waals surface area (Å²) in [4.78, 5) is 25.3. The Hall–Kier alpha value is -3.37. The zero-order valence-electron chi connectivity index (χ0n) is 17.4. The van der Waals surface area contributed by atoms with Gasteiger partial charge in [-0.1, -0.05) is 0 Å². The molecule has 0 atom stereocenters. The normalized spacial score (nSPS) is 14.3. The molecule has 1 amide bonds. The maximum Gasteiger partial charge on any atom is 0.373 e. The number of esters is 1. The van der Waals surface area contributed by atoms with Gasteiger partial charge in [0.15, 0.2) is 0 Å². The fourth-order valence-corrected chi connectivity index (χ4v) is 4.89. The number of benzene rings is 1. The summed E-state index contributed by atoms with van der Waals surface area (Å²) in [5.74, 6) is 0.0907. The summed E-state index contributed by atoms with van der Waals surface area (Å²) in [6.45, 7) is 0.471. The van der Waals surface area contributed by atoms with Gasteiger partial charge in [-0.15, -0.1) is 0 Å². The highest BCUT2D eigenvalue weighted by Gasteiger charge is 2.28. The molecule has 0 aliphatic carbocycles. The first-order chi connectivity index (χ1) is 15.4. The molecule has 3 aromatic rings. The van der Waals surface area contributed by atoms with Crippen LogP contribution in [0.2, 0.25) is 0 Å². The summed E-state index contributed by atoms with van der Waals surface area (Å²) in [5, 5.41) is 0. The van der Waals surface area contributed by atoms with Gasteiger partial charge in [0.1, 0.15) is 11.5 Å². The van der Waals surface area contributed by atoms with E-state index in [2.05, 4.69) is 4.74 Å². The molecule has 1 aliphatic heterocycles. The number of hydrogen-bond acceptors (Lipinski definition) is 7. The molecule has 0 unspecified atom stereocenters. The van der Waals surface area contributed by atoms with Crippen LogP contribution >= 0.6 is 0 Å². The van der Waals surface area contributed by atoms with Crippen LogP contribution < -0.4 is 4.90 Å². The molecular weight excluding hydrogens is 436 g/mol. The Morgan fingerprint density at radius 2 is 1.84 bits per heavy atom. The first-order valence-corrected chi connectivity index (χ1v) is 11.4. The molecule has 1 fully saturated rings. The molecule has 10 heteroatoms. The molecule has 0 radical (unpaired) electrons. The lowest BCUT2D eigenvalue weighted by molar-refractivity contribution is -0.117. The van der Waals surface area contributed by atoms with Crippen molar-refractivity contribution in [2.24, 2.45) is 0 Å². The quantitative estimate of drug-likeness (QED) is 0.477. The number of carbonyl (C=O) groups excluding carboxylic acids is 2. The number of furan rings is 2. The molecule has 1 saturated heterocycles. The molecule has 0 saturated carbocycles. The van der Waals surface area contributed by atoms with Gasteiger partial charge in [-0.2, -0.15) is 4.31 Å². The highest BCUT2D eigenvalue weighted by Crippen LogP contribution is 2.26. The fourth-order valence-electron chi connectivity index (χ4n) is 3.52. The van der Waals surface area contributed by atoms with Crippen LogP contribution in [0.25, 0.3) is 0 Å². The van der Waals surface area contributed by atoms with Gasteiger partial charge in [0.25, 0.3) is 0 Å². The molecule has 4 rings (SSSR count). The number of methoxy groups -OCH3 is 1. The summed E-state index contributed by atoms with van der Waals surface area (Å²) >= 11 is 0. The van der Waals surface area contributed by atoms with E-state index in [1.54, 1.807) is 29.2 Å². The molecule has 3 heterocycles. The van der Waals surface area contributed by atoms with E-state index in [0.29, 0.717) is 24.4 Å². The van der Waals surface area contributed by atoms with Gasteiger partial charge in [-0.3, -0.25) is 4.79 Å². The minimum atomic E-state index is -3.95. The van der Waals surface area contributed by atoms with Gasteiger partial charge in [0.2, 0.25) is 21.7 Å². The number of hydrogen-bond donors (Lipinski definition) is 0. The van der Waals surface area contributed by atoms with Crippen LogP contribution in [0.1, 0.15) is 34.9 Å². The summed E-state index contributed by atoms with van der Waals surface area (Å²) in [7, 11) is -2.72. The van der Waals surface area contributed by atoms with Crippen LogP contribution in [0, 0.1) is 0 Å². The topological polar surface area (TPSA) is 110 Å². The van der Waals surface area contributed by atoms with E-state index in [9.17, 15) is 18.0 Å². The molecule has 2 aromatic heterocycles. The number of carbonyl (C=O) groups is 2. The first kappa shape index (κ1) is 21.8. The summed E-state index contributed by atoms with van der Waals surface area (Å²) in [6, 6.07) is 12.5. The molecule has 1 aromatic carbocycles. The van der Waals surface area contributed by atoms with E-state index >= 15 is 0 Å². The second kappa shape index (κ2) is 9.01. The van der Waals surface area contributed by atoms with Gasteiger partial charge in [0.05, 0.1) is 31.4 Å². The van der Waals surface area contributed by atoms with Gasteiger partial charge in [0, 0.05) is 18.7 Å². The fraction of sp³-hybridized carbons (Fsp3) is 0.273. The van der Waals surface area contributed by atoms with Crippen molar-refractivity contribution >= 4 is 27.6 Å². The Morgan fingerprint density at radius 1 is 1.09 bits per heavy atom. The van der Waals surface area contributed by atoms with Crippen LogP contribution in [0.5, 0.6) is 0 Å². The minimum Gasteiger partial charge on any atom is -0.468 e. The molecule has 168 valence electrons. The molecule has 0 bridgehead atoms. The average Bonchev–Trinajstić information content (AvgIpc) is 3.55. The molecule has 1 aliphatic rings. The number of rotatable bonds is 8. The van der Waals surface area contributed by atoms with Crippen LogP contribution in [0.4, 0.5) is 5.69 Å². The number of amides is 1. The summed E-state index contributed by atoms with van der Waals surface area (Å²) in [6.07, 6.45) is 2.74. The van der Waals surface area contributed by atoms with Crippen molar-refractivity contribution in [2.75, 3.05) is 18.6 Å². The lowest BCUT2D eigenvalue weighted by atomic mass is 10.3. The Morgan fingerprint density at radius 3 is 2.47 bits per heavy atom. The molecule has 32 heavy (non-hydrogen) atoms. The van der Waals surface area contributed by atoms with Gasteiger partial charge in [-0.05, 0) is 55.0 Å². The highest BCUT2D eigenvalue weighted by atomic mass is 32.2. The van der Waals surface area contributed by atoms with Crippen molar-refractivity contribution in [1.82, 2.24) is 4.31 Å². The second-order valence-electron chi connectivity index (χ2n) is 7.25. The van der Waals surface area contributed by atoms with Crippen LogP contribution in [0.3, 0.4) is 0 Å². The number of sulfonamides is 1. The predicted molar refractivity (Wildman–Crippen MR) is 113 cm³/mol. The second-order valence-corrected chi connectivity index (χ2v) is 9.19. The Balaban J connectivity index is 1.61. The summed E-state index contributed by atoms with van der Waals surface area (Å²) in [5.41, 5.74) is 0.665. The van der Waals surface area contributed by atoms with Crippen molar-refractivity contribution in [2.45, 2.75) is 30.8 Å². The van der Waals surface area contributed by atoms with E-state index in [1.165, 1.54) is 41.9 Å². The van der Waals surface area contributed by atoms with Crippen LogP contribution in [0.15, 0.2) is 68.5 Å². The third-order valence-electron chi connectivity index (χ3n) is 5.15. The van der Waals surface area contributed by atoms with Gasteiger partial charge in [-0.25, -0.2) is 13.2 Å². The molecular formula is C22H22N2O7S. The maximum atomic E-state index is 13.4. The SMILES string of the molecule is COC(=O)c1ccc(CN(Cc2ccco2)S(=O)(=O)c2ccc(N3CCCC3=O)cc2)o1. The molecule has 9 nitrogen and oxygen atoms in total. The van der Waals surface area contributed by atoms with E-state index in [1.807, 2.05) is 0 Å². The van der Waals surface area contributed by atoms with Crippen LogP contribution in [-0.2, 0) is 32.6 Å². The largest absolute Gasteiger partial charge is 0.468 e. The number of anilines is 1. The number of ether oxygens (including phenoxy) is 1. The monoisotopic (exact) mass is 458 g/mol. The minimum absolute atomic E-state index is 0.0162. The van der Waals surface area contributed by atoms with Crippen molar-refractivity contribution in [3.05, 3.63) is 72.1 Å². The zero-order valence-corrected chi connectivity index (χ0v) is 18.2. The lowest BCUT2D eigenvalue weighted by Gasteiger charge is -2.21. The summed E-state index contributed by atoms with van der Waals surface area (Å²) < 4.78 is 43.5. The molecule has 0 spiro atoms. The Labute approximate surface area is 185 Å².